The quantitative estimate of drug-likeness (QED) is 0.248. The molecule has 0 saturated carbocycles. The van der Waals surface area contributed by atoms with Gasteiger partial charge >= 0.3 is 0 Å². The second-order valence-corrected chi connectivity index (χ2v) is 7.62. The van der Waals surface area contributed by atoms with Gasteiger partial charge in [0.05, 0.1) is 16.5 Å². The molecule has 30 heavy (non-hydrogen) atoms. The zero-order valence-corrected chi connectivity index (χ0v) is 17.2. The van der Waals surface area contributed by atoms with Crippen LogP contribution in [0.2, 0.25) is 0 Å². The van der Waals surface area contributed by atoms with Gasteiger partial charge in [-0.3, -0.25) is 19.7 Å². The monoisotopic (exact) mass is 408 g/mol. The average molecular weight is 408 g/mol. The van der Waals surface area contributed by atoms with Crippen LogP contribution in [0.15, 0.2) is 54.1 Å². The normalized spacial score (nSPS) is 18.3. The molecule has 7 heteroatoms. The predicted molar refractivity (Wildman–Crippen MR) is 113 cm³/mol. The zero-order valence-electron chi connectivity index (χ0n) is 17.2. The minimum atomic E-state index is -0.787. The number of nitrogens with zero attached hydrogens (tertiary/aromatic N) is 2. The van der Waals surface area contributed by atoms with Crippen molar-refractivity contribution in [3.63, 3.8) is 0 Å². The van der Waals surface area contributed by atoms with Gasteiger partial charge < -0.3 is 10.0 Å². The van der Waals surface area contributed by atoms with Gasteiger partial charge in [0.25, 0.3) is 17.4 Å². The number of nitro groups is 1. The van der Waals surface area contributed by atoms with E-state index in [2.05, 4.69) is 13.8 Å². The summed E-state index contributed by atoms with van der Waals surface area (Å²) in [5.74, 6) is -1.55. The van der Waals surface area contributed by atoms with Crippen LogP contribution in [0.1, 0.15) is 55.8 Å². The Morgan fingerprint density at radius 1 is 1.17 bits per heavy atom. The van der Waals surface area contributed by atoms with E-state index < -0.39 is 28.4 Å². The number of carbonyl (C=O) groups is 2. The number of likely N-dealkylation sites (tertiary alicyclic amines) is 1. The number of hydrogen-bond acceptors (Lipinski definition) is 5. The van der Waals surface area contributed by atoms with Crippen molar-refractivity contribution in [3.8, 4) is 0 Å². The molecule has 1 aliphatic heterocycles. The van der Waals surface area contributed by atoms with E-state index >= 15 is 0 Å². The molecule has 1 fully saturated rings. The fourth-order valence-electron chi connectivity index (χ4n) is 3.68. The summed E-state index contributed by atoms with van der Waals surface area (Å²) in [7, 11) is 0. The summed E-state index contributed by atoms with van der Waals surface area (Å²) in [6.45, 7) is 6.40. The second-order valence-electron chi connectivity index (χ2n) is 7.62. The number of carbonyl (C=O) groups excluding carboxylic acids is 2. The lowest BCUT2D eigenvalue weighted by molar-refractivity contribution is -0.384. The number of aliphatic hydroxyl groups is 1. The topological polar surface area (TPSA) is 101 Å². The third-order valence-corrected chi connectivity index (χ3v) is 5.25. The van der Waals surface area contributed by atoms with Crippen LogP contribution in [-0.4, -0.2) is 33.2 Å². The molecule has 1 aliphatic rings. The van der Waals surface area contributed by atoms with Gasteiger partial charge in [-0.05, 0) is 23.5 Å². The van der Waals surface area contributed by atoms with Gasteiger partial charge in [0.15, 0.2) is 0 Å². The van der Waals surface area contributed by atoms with E-state index in [9.17, 15) is 24.8 Å². The van der Waals surface area contributed by atoms with E-state index in [0.29, 0.717) is 24.4 Å². The summed E-state index contributed by atoms with van der Waals surface area (Å²) in [6, 6.07) is 12.3. The molecule has 0 aliphatic carbocycles. The Kier molecular flexibility index (Phi) is 6.01. The van der Waals surface area contributed by atoms with Crippen LogP contribution in [0.3, 0.4) is 0 Å². The summed E-state index contributed by atoms with van der Waals surface area (Å²) >= 11 is 0. The van der Waals surface area contributed by atoms with Crippen molar-refractivity contribution in [2.24, 2.45) is 0 Å². The smallest absolute Gasteiger partial charge is 0.295 e. The molecule has 0 bridgehead atoms. The first-order valence-electron chi connectivity index (χ1n) is 9.89. The summed E-state index contributed by atoms with van der Waals surface area (Å²) in [6.07, 6.45) is 0.643. The van der Waals surface area contributed by atoms with Crippen LogP contribution in [0.25, 0.3) is 5.76 Å². The minimum Gasteiger partial charge on any atom is -0.507 e. The van der Waals surface area contributed by atoms with Crippen molar-refractivity contribution in [2.45, 2.75) is 39.2 Å². The first kappa shape index (κ1) is 21.2. The van der Waals surface area contributed by atoms with Gasteiger partial charge in [-0.1, -0.05) is 57.2 Å². The van der Waals surface area contributed by atoms with E-state index in [1.54, 1.807) is 0 Å². The summed E-state index contributed by atoms with van der Waals surface area (Å²) in [5.41, 5.74) is 1.69. The highest BCUT2D eigenvalue weighted by molar-refractivity contribution is 6.46. The molecule has 1 amide bonds. The summed E-state index contributed by atoms with van der Waals surface area (Å²) < 4.78 is 0. The highest BCUT2D eigenvalue weighted by Crippen LogP contribution is 2.40. The van der Waals surface area contributed by atoms with Crippen LogP contribution >= 0.6 is 0 Å². The zero-order chi connectivity index (χ0) is 22.0. The fourth-order valence-corrected chi connectivity index (χ4v) is 3.68. The number of benzene rings is 2. The van der Waals surface area contributed by atoms with Crippen molar-refractivity contribution in [3.05, 3.63) is 80.9 Å². The van der Waals surface area contributed by atoms with E-state index in [-0.39, 0.29) is 16.8 Å². The Morgan fingerprint density at radius 2 is 1.83 bits per heavy atom. The standard InChI is InChI=1S/C23H24N2O5/c1-4-12-24-20(16-10-8-15(9-11-16)14(2)3)19(22(27)23(24)28)21(26)17-6-5-7-18(13-17)25(29)30/h5-11,13-14,20,26H,4,12H2,1-3H3/b21-19-. The van der Waals surface area contributed by atoms with Crippen LogP contribution in [0.5, 0.6) is 0 Å². The van der Waals surface area contributed by atoms with E-state index in [4.69, 9.17) is 0 Å². The SMILES string of the molecule is CCCN1C(=O)C(=O)/C(=C(\O)c2cccc([N+](=O)[O-])c2)C1c1ccc(C(C)C)cc1. The number of rotatable bonds is 6. The van der Waals surface area contributed by atoms with E-state index in [1.807, 2.05) is 31.2 Å². The fraction of sp³-hybridized carbons (Fsp3) is 0.304. The maximum Gasteiger partial charge on any atom is 0.295 e. The highest BCUT2D eigenvalue weighted by atomic mass is 16.6. The van der Waals surface area contributed by atoms with Gasteiger partial charge in [0.2, 0.25) is 0 Å². The Balaban J connectivity index is 2.17. The lowest BCUT2D eigenvalue weighted by Gasteiger charge is -2.25. The first-order valence-corrected chi connectivity index (χ1v) is 9.89. The number of non-ortho nitro benzene ring substituents is 1. The molecule has 2 aromatic carbocycles. The van der Waals surface area contributed by atoms with Gasteiger partial charge in [-0.2, -0.15) is 0 Å². The van der Waals surface area contributed by atoms with Gasteiger partial charge in [0.1, 0.15) is 5.76 Å². The van der Waals surface area contributed by atoms with Crippen molar-refractivity contribution in [1.29, 1.82) is 0 Å². The molecule has 2 aromatic rings. The van der Waals surface area contributed by atoms with Crippen molar-refractivity contribution < 1.29 is 19.6 Å². The third-order valence-electron chi connectivity index (χ3n) is 5.25. The number of Topliss-reactive ketones (excluding diaryl/α,β-unsaturated/α-hetero) is 1. The molecule has 3 rings (SSSR count). The lowest BCUT2D eigenvalue weighted by Crippen LogP contribution is -2.30. The van der Waals surface area contributed by atoms with Gasteiger partial charge in [0, 0.05) is 24.2 Å². The van der Waals surface area contributed by atoms with Gasteiger partial charge in [-0.15, -0.1) is 0 Å². The Bertz CT molecular complexity index is 1020. The van der Waals surface area contributed by atoms with Crippen LogP contribution in [-0.2, 0) is 9.59 Å². The molecular weight excluding hydrogens is 384 g/mol. The number of amides is 1. The van der Waals surface area contributed by atoms with Crippen LogP contribution < -0.4 is 0 Å². The highest BCUT2D eigenvalue weighted by Gasteiger charge is 2.45. The molecule has 0 radical (unpaired) electrons. The maximum atomic E-state index is 12.8. The maximum absolute atomic E-state index is 12.8. The average Bonchev–Trinajstić information content (AvgIpc) is 2.98. The molecule has 1 saturated heterocycles. The number of nitro benzene ring substituents is 1. The molecule has 1 atom stereocenters. The van der Waals surface area contributed by atoms with E-state index in [1.165, 1.54) is 29.2 Å². The summed E-state index contributed by atoms with van der Waals surface area (Å²) in [4.78, 5) is 37.5. The molecule has 1 unspecified atom stereocenters. The molecular formula is C23H24N2O5. The predicted octanol–water partition coefficient (Wildman–Crippen LogP) is 4.55. The van der Waals surface area contributed by atoms with Crippen molar-refractivity contribution >= 4 is 23.1 Å². The van der Waals surface area contributed by atoms with Gasteiger partial charge in [-0.25, -0.2) is 0 Å². The number of hydrogen-bond donors (Lipinski definition) is 1. The number of aliphatic hydroxyl groups excluding tert-OH is 1. The number of ketones is 1. The summed E-state index contributed by atoms with van der Waals surface area (Å²) in [5, 5.41) is 22.0. The molecule has 0 aromatic heterocycles. The molecule has 1 N–H and O–H groups in total. The Morgan fingerprint density at radius 3 is 2.40 bits per heavy atom. The largest absolute Gasteiger partial charge is 0.507 e. The Labute approximate surface area is 174 Å². The van der Waals surface area contributed by atoms with Crippen LogP contribution in [0.4, 0.5) is 5.69 Å². The molecule has 7 nitrogen and oxygen atoms in total. The van der Waals surface area contributed by atoms with Crippen molar-refractivity contribution in [2.75, 3.05) is 6.54 Å². The van der Waals surface area contributed by atoms with Crippen LogP contribution in [0, 0.1) is 10.1 Å². The first-order chi connectivity index (χ1) is 14.3. The van der Waals surface area contributed by atoms with Crippen molar-refractivity contribution in [1.82, 2.24) is 4.90 Å². The lowest BCUT2D eigenvalue weighted by atomic mass is 9.93. The Hall–Kier alpha value is -3.48. The minimum absolute atomic E-state index is 0.0498. The molecule has 1 heterocycles. The molecule has 0 spiro atoms. The third kappa shape index (κ3) is 3.83. The second kappa shape index (κ2) is 8.49. The molecule has 156 valence electrons. The van der Waals surface area contributed by atoms with E-state index in [0.717, 1.165) is 5.56 Å².